The molecule has 0 saturated carbocycles. The standard InChI is InChI=1S/C27H31FN2O/c28-26-13-11-25(12-14-26)24-9-7-22(8-10-24)20-29-15-4-18-31-27-6-3-5-23(19-27)21-30-16-1-2-17-30/h3,5-14,19,29H,1-2,4,15-18,20-21H2. The lowest BCUT2D eigenvalue weighted by Crippen LogP contribution is -2.18. The van der Waals surface area contributed by atoms with Gasteiger partial charge in [-0.15, -0.1) is 0 Å². The van der Waals surface area contributed by atoms with Crippen molar-refractivity contribution in [3.8, 4) is 16.9 Å². The summed E-state index contributed by atoms with van der Waals surface area (Å²) < 4.78 is 19.0. The van der Waals surface area contributed by atoms with Gasteiger partial charge in [-0.05, 0) is 85.4 Å². The zero-order chi connectivity index (χ0) is 21.3. The molecule has 3 nitrogen and oxygen atoms in total. The van der Waals surface area contributed by atoms with Crippen LogP contribution in [0.4, 0.5) is 4.39 Å². The van der Waals surface area contributed by atoms with Gasteiger partial charge < -0.3 is 10.1 Å². The molecule has 1 heterocycles. The first-order valence-electron chi connectivity index (χ1n) is 11.3. The van der Waals surface area contributed by atoms with Crippen LogP contribution >= 0.6 is 0 Å². The molecule has 0 radical (unpaired) electrons. The van der Waals surface area contributed by atoms with E-state index < -0.39 is 0 Å². The summed E-state index contributed by atoms with van der Waals surface area (Å²) in [6.07, 6.45) is 3.60. The Kier molecular flexibility index (Phi) is 7.70. The van der Waals surface area contributed by atoms with Gasteiger partial charge in [-0.1, -0.05) is 48.5 Å². The molecule has 0 bridgehead atoms. The van der Waals surface area contributed by atoms with Crippen molar-refractivity contribution in [3.63, 3.8) is 0 Å². The Balaban J connectivity index is 1.14. The van der Waals surface area contributed by atoms with E-state index in [4.69, 9.17) is 4.74 Å². The molecule has 0 aliphatic carbocycles. The Labute approximate surface area is 184 Å². The summed E-state index contributed by atoms with van der Waals surface area (Å²) in [7, 11) is 0. The third-order valence-electron chi connectivity index (χ3n) is 5.73. The van der Waals surface area contributed by atoms with Gasteiger partial charge in [-0.3, -0.25) is 4.90 Å². The van der Waals surface area contributed by atoms with Crippen LogP contribution in [0.25, 0.3) is 11.1 Å². The third kappa shape index (κ3) is 6.65. The molecule has 0 spiro atoms. The van der Waals surface area contributed by atoms with Crippen LogP contribution < -0.4 is 10.1 Å². The van der Waals surface area contributed by atoms with E-state index in [-0.39, 0.29) is 5.82 Å². The molecule has 31 heavy (non-hydrogen) atoms. The highest BCUT2D eigenvalue weighted by molar-refractivity contribution is 5.63. The average Bonchev–Trinajstić information content (AvgIpc) is 3.30. The minimum absolute atomic E-state index is 0.205. The first-order valence-corrected chi connectivity index (χ1v) is 11.3. The van der Waals surface area contributed by atoms with Crippen molar-refractivity contribution in [1.29, 1.82) is 0 Å². The molecule has 0 unspecified atom stereocenters. The van der Waals surface area contributed by atoms with E-state index in [2.05, 4.69) is 52.7 Å². The molecule has 3 aromatic rings. The molecule has 4 rings (SSSR count). The maximum Gasteiger partial charge on any atom is 0.123 e. The van der Waals surface area contributed by atoms with Gasteiger partial charge in [0.25, 0.3) is 0 Å². The maximum absolute atomic E-state index is 13.1. The molecular formula is C27H31FN2O. The molecule has 162 valence electrons. The van der Waals surface area contributed by atoms with Crippen molar-refractivity contribution in [1.82, 2.24) is 10.2 Å². The van der Waals surface area contributed by atoms with E-state index in [0.717, 1.165) is 42.9 Å². The lowest BCUT2D eigenvalue weighted by molar-refractivity contribution is 0.305. The zero-order valence-electron chi connectivity index (χ0n) is 18.0. The number of nitrogens with one attached hydrogen (secondary N) is 1. The number of halogens is 1. The summed E-state index contributed by atoms with van der Waals surface area (Å²) in [6, 6.07) is 23.5. The normalized spacial score (nSPS) is 14.1. The number of rotatable bonds is 10. The quantitative estimate of drug-likeness (QED) is 0.431. The number of ether oxygens (including phenoxy) is 1. The average molecular weight is 419 g/mol. The van der Waals surface area contributed by atoms with Crippen LogP contribution in [0.3, 0.4) is 0 Å². The second kappa shape index (κ2) is 11.1. The Morgan fingerprint density at radius 3 is 2.29 bits per heavy atom. The summed E-state index contributed by atoms with van der Waals surface area (Å²) in [5, 5.41) is 3.48. The second-order valence-corrected chi connectivity index (χ2v) is 8.21. The largest absolute Gasteiger partial charge is 0.494 e. The molecule has 0 aromatic heterocycles. The van der Waals surface area contributed by atoms with Gasteiger partial charge in [0.1, 0.15) is 11.6 Å². The van der Waals surface area contributed by atoms with Crippen molar-refractivity contribution in [2.24, 2.45) is 0 Å². The van der Waals surface area contributed by atoms with Gasteiger partial charge in [-0.2, -0.15) is 0 Å². The number of likely N-dealkylation sites (tertiary alicyclic amines) is 1. The minimum atomic E-state index is -0.205. The lowest BCUT2D eigenvalue weighted by atomic mass is 10.0. The molecule has 3 aromatic carbocycles. The Hall–Kier alpha value is -2.69. The molecule has 1 saturated heterocycles. The van der Waals surface area contributed by atoms with Crippen LogP contribution in [0.5, 0.6) is 5.75 Å². The highest BCUT2D eigenvalue weighted by Gasteiger charge is 2.11. The summed E-state index contributed by atoms with van der Waals surface area (Å²) in [5.41, 5.74) is 4.70. The van der Waals surface area contributed by atoms with E-state index >= 15 is 0 Å². The number of hydrogen-bond acceptors (Lipinski definition) is 3. The Bertz CT molecular complexity index is 934. The van der Waals surface area contributed by atoms with Crippen molar-refractivity contribution < 1.29 is 9.13 Å². The van der Waals surface area contributed by atoms with Crippen molar-refractivity contribution in [2.45, 2.75) is 32.4 Å². The molecule has 1 aliphatic rings. The van der Waals surface area contributed by atoms with Gasteiger partial charge in [-0.25, -0.2) is 4.39 Å². The van der Waals surface area contributed by atoms with E-state index in [1.54, 1.807) is 0 Å². The predicted octanol–water partition coefficient (Wildman–Crippen LogP) is 5.65. The summed E-state index contributed by atoms with van der Waals surface area (Å²) in [6.45, 7) is 5.90. The van der Waals surface area contributed by atoms with E-state index in [9.17, 15) is 4.39 Å². The first kappa shape index (κ1) is 21.5. The topological polar surface area (TPSA) is 24.5 Å². The molecule has 1 fully saturated rings. The first-order chi connectivity index (χ1) is 15.3. The number of benzene rings is 3. The van der Waals surface area contributed by atoms with Crippen molar-refractivity contribution in [3.05, 3.63) is 89.7 Å². The van der Waals surface area contributed by atoms with Gasteiger partial charge in [0.2, 0.25) is 0 Å². The van der Waals surface area contributed by atoms with Gasteiger partial charge in [0, 0.05) is 13.1 Å². The smallest absolute Gasteiger partial charge is 0.123 e. The minimum Gasteiger partial charge on any atom is -0.494 e. The Morgan fingerprint density at radius 2 is 1.55 bits per heavy atom. The number of hydrogen-bond donors (Lipinski definition) is 1. The molecule has 0 amide bonds. The van der Waals surface area contributed by atoms with Crippen LogP contribution in [0.2, 0.25) is 0 Å². The Morgan fingerprint density at radius 1 is 0.839 bits per heavy atom. The highest BCUT2D eigenvalue weighted by Crippen LogP contribution is 2.20. The van der Waals surface area contributed by atoms with Crippen molar-refractivity contribution in [2.75, 3.05) is 26.2 Å². The summed E-state index contributed by atoms with van der Waals surface area (Å²) >= 11 is 0. The highest BCUT2D eigenvalue weighted by atomic mass is 19.1. The van der Waals surface area contributed by atoms with E-state index in [0.29, 0.717) is 6.61 Å². The fourth-order valence-corrected chi connectivity index (χ4v) is 4.01. The monoisotopic (exact) mass is 418 g/mol. The molecule has 4 heteroatoms. The third-order valence-corrected chi connectivity index (χ3v) is 5.73. The van der Waals surface area contributed by atoms with Crippen LogP contribution in [-0.2, 0) is 13.1 Å². The van der Waals surface area contributed by atoms with Crippen LogP contribution in [0.1, 0.15) is 30.4 Å². The SMILES string of the molecule is Fc1ccc(-c2ccc(CNCCCOc3cccc(CN4CCCC4)c3)cc2)cc1. The van der Waals surface area contributed by atoms with Gasteiger partial charge in [0.05, 0.1) is 6.61 Å². The number of nitrogens with zero attached hydrogens (tertiary/aromatic N) is 1. The maximum atomic E-state index is 13.1. The van der Waals surface area contributed by atoms with Gasteiger partial charge in [0.15, 0.2) is 0 Å². The van der Waals surface area contributed by atoms with E-state index in [1.165, 1.54) is 49.2 Å². The molecule has 0 atom stereocenters. The second-order valence-electron chi connectivity index (χ2n) is 8.21. The zero-order valence-corrected chi connectivity index (χ0v) is 18.0. The van der Waals surface area contributed by atoms with Crippen molar-refractivity contribution >= 4 is 0 Å². The fourth-order valence-electron chi connectivity index (χ4n) is 4.01. The molecule has 1 aliphatic heterocycles. The van der Waals surface area contributed by atoms with Crippen LogP contribution in [-0.4, -0.2) is 31.1 Å². The van der Waals surface area contributed by atoms with Crippen LogP contribution in [0.15, 0.2) is 72.8 Å². The fraction of sp³-hybridized carbons (Fsp3) is 0.333. The summed E-state index contributed by atoms with van der Waals surface area (Å²) in [5.74, 6) is 0.761. The molecular weight excluding hydrogens is 387 g/mol. The lowest BCUT2D eigenvalue weighted by Gasteiger charge is -2.15. The summed E-state index contributed by atoms with van der Waals surface area (Å²) in [4.78, 5) is 2.51. The molecule has 1 N–H and O–H groups in total. The van der Waals surface area contributed by atoms with Crippen LogP contribution in [0, 0.1) is 5.82 Å². The van der Waals surface area contributed by atoms with E-state index in [1.807, 2.05) is 18.2 Å². The van der Waals surface area contributed by atoms with Gasteiger partial charge >= 0.3 is 0 Å². The predicted molar refractivity (Wildman–Crippen MR) is 125 cm³/mol.